The van der Waals surface area contributed by atoms with Gasteiger partial charge in [-0.05, 0) is 43.6 Å². The minimum absolute atomic E-state index is 0.393. The first-order valence-electron chi connectivity index (χ1n) is 8.58. The summed E-state index contributed by atoms with van der Waals surface area (Å²) in [5.41, 5.74) is 0.558. The van der Waals surface area contributed by atoms with Crippen molar-refractivity contribution in [1.29, 1.82) is 0 Å². The lowest BCUT2D eigenvalue weighted by atomic mass is 9.72. The summed E-state index contributed by atoms with van der Waals surface area (Å²) in [6, 6.07) is 0. The predicted molar refractivity (Wildman–Crippen MR) is 83.7 cm³/mol. The van der Waals surface area contributed by atoms with Crippen molar-refractivity contribution in [3.63, 3.8) is 0 Å². The molecule has 1 atom stereocenters. The van der Waals surface area contributed by atoms with Gasteiger partial charge in [-0.3, -0.25) is 4.79 Å². The van der Waals surface area contributed by atoms with Crippen LogP contribution in [0.2, 0.25) is 0 Å². The monoisotopic (exact) mass is 280 g/mol. The molecule has 1 unspecified atom stereocenters. The van der Waals surface area contributed by atoms with Crippen LogP contribution in [-0.4, -0.2) is 48.4 Å². The molecule has 0 aromatic rings. The molecule has 0 radical (unpaired) electrons. The summed E-state index contributed by atoms with van der Waals surface area (Å²) in [6.07, 6.45) is 6.70. The second-order valence-corrected chi connectivity index (χ2v) is 7.14. The fourth-order valence-corrected chi connectivity index (χ4v) is 3.66. The highest BCUT2D eigenvalue weighted by Crippen LogP contribution is 2.40. The molecule has 2 heterocycles. The van der Waals surface area contributed by atoms with Crippen LogP contribution in [0.3, 0.4) is 0 Å². The highest BCUT2D eigenvalue weighted by Gasteiger charge is 2.44. The van der Waals surface area contributed by atoms with Gasteiger partial charge in [0.05, 0.1) is 0 Å². The first-order valence-corrected chi connectivity index (χ1v) is 8.58. The summed E-state index contributed by atoms with van der Waals surface area (Å²) in [5, 5.41) is 0. The number of amides is 1. The zero-order valence-electron chi connectivity index (χ0n) is 13.7. The van der Waals surface area contributed by atoms with Crippen molar-refractivity contribution in [3.8, 4) is 0 Å². The largest absolute Gasteiger partial charge is 0.343 e. The maximum absolute atomic E-state index is 12.2. The summed E-state index contributed by atoms with van der Waals surface area (Å²) in [6.45, 7) is 12.5. The lowest BCUT2D eigenvalue weighted by Gasteiger charge is -2.54. The Balaban J connectivity index is 1.68. The Morgan fingerprint density at radius 3 is 2.40 bits per heavy atom. The highest BCUT2D eigenvalue weighted by atomic mass is 16.2. The van der Waals surface area contributed by atoms with Gasteiger partial charge in [-0.15, -0.1) is 0 Å². The van der Waals surface area contributed by atoms with Gasteiger partial charge >= 0.3 is 0 Å². The third-order valence-electron chi connectivity index (χ3n) is 5.38. The molecule has 0 N–H and O–H groups in total. The normalized spacial score (nSPS) is 23.6. The Morgan fingerprint density at radius 1 is 1.20 bits per heavy atom. The van der Waals surface area contributed by atoms with E-state index in [1.165, 1.54) is 45.3 Å². The van der Waals surface area contributed by atoms with E-state index in [4.69, 9.17) is 0 Å². The molecule has 0 aliphatic carbocycles. The molecule has 3 nitrogen and oxygen atoms in total. The Labute approximate surface area is 124 Å². The molecular formula is C17H32N2O. The van der Waals surface area contributed by atoms with E-state index in [-0.39, 0.29) is 0 Å². The van der Waals surface area contributed by atoms with Gasteiger partial charge in [-0.2, -0.15) is 0 Å². The van der Waals surface area contributed by atoms with Gasteiger partial charge in [0, 0.05) is 32.6 Å². The van der Waals surface area contributed by atoms with E-state index in [1.54, 1.807) is 0 Å². The number of carbonyl (C=O) groups is 1. The smallest absolute Gasteiger partial charge is 0.222 e. The molecular weight excluding hydrogens is 248 g/mol. The molecule has 1 spiro atoms. The molecule has 2 rings (SSSR count). The molecule has 0 bridgehead atoms. The van der Waals surface area contributed by atoms with Crippen LogP contribution in [0.5, 0.6) is 0 Å². The van der Waals surface area contributed by atoms with Crippen molar-refractivity contribution in [3.05, 3.63) is 0 Å². The van der Waals surface area contributed by atoms with E-state index in [0.717, 1.165) is 25.9 Å². The van der Waals surface area contributed by atoms with E-state index >= 15 is 0 Å². The molecule has 2 aliphatic rings. The van der Waals surface area contributed by atoms with Gasteiger partial charge in [-0.25, -0.2) is 0 Å². The van der Waals surface area contributed by atoms with Crippen LogP contribution >= 0.6 is 0 Å². The summed E-state index contributed by atoms with van der Waals surface area (Å²) < 4.78 is 0. The average Bonchev–Trinajstić information content (AvgIpc) is 2.43. The molecule has 0 aromatic carbocycles. The highest BCUT2D eigenvalue weighted by molar-refractivity contribution is 5.76. The third-order valence-corrected chi connectivity index (χ3v) is 5.38. The minimum Gasteiger partial charge on any atom is -0.343 e. The Bertz CT molecular complexity index is 313. The van der Waals surface area contributed by atoms with Crippen molar-refractivity contribution in [2.75, 3.05) is 32.7 Å². The van der Waals surface area contributed by atoms with Crippen molar-refractivity contribution >= 4 is 5.91 Å². The fourth-order valence-electron chi connectivity index (χ4n) is 3.66. The van der Waals surface area contributed by atoms with Crippen LogP contribution in [0.1, 0.15) is 59.3 Å². The van der Waals surface area contributed by atoms with Crippen LogP contribution in [0, 0.1) is 11.3 Å². The topological polar surface area (TPSA) is 23.6 Å². The second-order valence-electron chi connectivity index (χ2n) is 7.14. The third kappa shape index (κ3) is 3.75. The molecule has 2 fully saturated rings. The van der Waals surface area contributed by atoms with Crippen LogP contribution in [0.4, 0.5) is 0 Å². The molecule has 116 valence electrons. The Kier molecular flexibility index (Phi) is 5.48. The molecule has 3 heteroatoms. The second kappa shape index (κ2) is 6.93. The zero-order valence-corrected chi connectivity index (χ0v) is 13.7. The Morgan fingerprint density at radius 2 is 1.85 bits per heavy atom. The lowest BCUT2D eigenvalue weighted by molar-refractivity contribution is -0.136. The maximum atomic E-state index is 12.2. The molecule has 2 aliphatic heterocycles. The molecule has 1 amide bonds. The molecule has 2 saturated heterocycles. The van der Waals surface area contributed by atoms with E-state index < -0.39 is 0 Å². The number of hydrogen-bond acceptors (Lipinski definition) is 2. The van der Waals surface area contributed by atoms with Gasteiger partial charge in [0.1, 0.15) is 0 Å². The minimum atomic E-state index is 0.393. The zero-order chi connectivity index (χ0) is 14.6. The van der Waals surface area contributed by atoms with Crippen LogP contribution in [0.25, 0.3) is 0 Å². The summed E-state index contributed by atoms with van der Waals surface area (Å²) in [7, 11) is 0. The molecule has 0 aromatic heterocycles. The van der Waals surface area contributed by atoms with Crippen LogP contribution in [-0.2, 0) is 4.79 Å². The lowest BCUT2D eigenvalue weighted by Crippen LogP contribution is -2.60. The average molecular weight is 280 g/mol. The van der Waals surface area contributed by atoms with Gasteiger partial charge in [0.15, 0.2) is 0 Å². The number of likely N-dealkylation sites (tertiary alicyclic amines) is 2. The van der Waals surface area contributed by atoms with E-state index in [1.807, 2.05) is 0 Å². The number of rotatable bonds is 6. The quantitative estimate of drug-likeness (QED) is 0.746. The summed E-state index contributed by atoms with van der Waals surface area (Å²) >= 11 is 0. The van der Waals surface area contributed by atoms with Crippen LogP contribution in [0.15, 0.2) is 0 Å². The van der Waals surface area contributed by atoms with Gasteiger partial charge in [0.2, 0.25) is 5.91 Å². The van der Waals surface area contributed by atoms with Gasteiger partial charge in [-0.1, -0.05) is 27.2 Å². The SMILES string of the molecule is CCCN1CC2(CCN(C(=O)CCC(C)CC)CC2)C1. The predicted octanol–water partition coefficient (Wildman–Crippen LogP) is 3.15. The maximum Gasteiger partial charge on any atom is 0.222 e. The van der Waals surface area contributed by atoms with Gasteiger partial charge < -0.3 is 9.80 Å². The van der Waals surface area contributed by atoms with Crippen molar-refractivity contribution < 1.29 is 4.79 Å². The first-order chi connectivity index (χ1) is 9.58. The summed E-state index contributed by atoms with van der Waals surface area (Å²) in [5.74, 6) is 1.08. The van der Waals surface area contributed by atoms with Crippen molar-refractivity contribution in [2.24, 2.45) is 11.3 Å². The molecule has 0 saturated carbocycles. The van der Waals surface area contributed by atoms with E-state index in [2.05, 4.69) is 30.6 Å². The number of carbonyl (C=O) groups excluding carboxylic acids is 1. The Hall–Kier alpha value is -0.570. The van der Waals surface area contributed by atoms with E-state index in [9.17, 15) is 4.79 Å². The number of hydrogen-bond donors (Lipinski definition) is 0. The number of nitrogens with zero attached hydrogens (tertiary/aromatic N) is 2. The standard InChI is InChI=1S/C17H32N2O/c1-4-10-18-13-17(14-18)8-11-19(12-9-17)16(20)7-6-15(3)5-2/h15H,4-14H2,1-3H3. The van der Waals surface area contributed by atoms with Gasteiger partial charge in [0.25, 0.3) is 0 Å². The number of piperidine rings is 1. The van der Waals surface area contributed by atoms with E-state index in [0.29, 0.717) is 17.2 Å². The van der Waals surface area contributed by atoms with Crippen LogP contribution < -0.4 is 0 Å². The summed E-state index contributed by atoms with van der Waals surface area (Å²) in [4.78, 5) is 16.9. The fraction of sp³-hybridized carbons (Fsp3) is 0.941. The van der Waals surface area contributed by atoms with Crippen molar-refractivity contribution in [1.82, 2.24) is 9.80 Å². The first kappa shape index (κ1) is 15.8. The van der Waals surface area contributed by atoms with Crippen molar-refractivity contribution in [2.45, 2.75) is 59.3 Å². The molecule has 20 heavy (non-hydrogen) atoms.